The van der Waals surface area contributed by atoms with Crippen molar-refractivity contribution in [1.29, 1.82) is 0 Å². The number of hydrogen-bond acceptors (Lipinski definition) is 6. The number of pyridine rings is 1. The quantitative estimate of drug-likeness (QED) is 0.293. The number of ether oxygens (including phenoxy) is 2. The number of carbonyl (C=O) groups is 1. The third kappa shape index (κ3) is 6.45. The molecule has 2 fully saturated rings. The molecule has 40 heavy (non-hydrogen) atoms. The summed E-state index contributed by atoms with van der Waals surface area (Å²) in [6.07, 6.45) is 5.56. The lowest BCUT2D eigenvalue weighted by Crippen LogP contribution is -2.44. The number of nitrogens with two attached hydrogens (primary N) is 1. The van der Waals surface area contributed by atoms with Crippen LogP contribution >= 0.6 is 23.2 Å². The summed E-state index contributed by atoms with van der Waals surface area (Å²) < 4.78 is 25.9. The molecule has 2 aromatic carbocycles. The summed E-state index contributed by atoms with van der Waals surface area (Å²) in [7, 11) is 0. The predicted molar refractivity (Wildman–Crippen MR) is 155 cm³/mol. The number of anilines is 1. The van der Waals surface area contributed by atoms with E-state index in [1.165, 1.54) is 25.0 Å². The van der Waals surface area contributed by atoms with Gasteiger partial charge in [0.05, 0.1) is 5.02 Å². The highest BCUT2D eigenvalue weighted by molar-refractivity contribution is 6.36. The second-order valence-electron chi connectivity index (χ2n) is 10.3. The Hall–Kier alpha value is -3.07. The van der Waals surface area contributed by atoms with Gasteiger partial charge in [-0.25, -0.2) is 9.37 Å². The van der Waals surface area contributed by atoms with E-state index in [2.05, 4.69) is 9.88 Å². The Morgan fingerprint density at radius 1 is 1.10 bits per heavy atom. The average Bonchev–Trinajstić information content (AvgIpc) is 3.64. The van der Waals surface area contributed by atoms with Crippen LogP contribution < -0.4 is 15.2 Å². The van der Waals surface area contributed by atoms with Crippen LogP contribution in [0.3, 0.4) is 0 Å². The van der Waals surface area contributed by atoms with Gasteiger partial charge >= 0.3 is 0 Å². The second kappa shape index (κ2) is 12.6. The Balaban J connectivity index is 1.21. The van der Waals surface area contributed by atoms with Crippen molar-refractivity contribution in [3.63, 3.8) is 0 Å². The van der Waals surface area contributed by atoms with Gasteiger partial charge in [0.15, 0.2) is 18.2 Å². The number of carbonyl (C=O) groups excluding carboxylic acids is 1. The van der Waals surface area contributed by atoms with E-state index in [0.29, 0.717) is 22.1 Å². The van der Waals surface area contributed by atoms with Gasteiger partial charge in [-0.15, -0.1) is 0 Å². The fraction of sp³-hybridized carbons (Fsp3) is 0.400. The fourth-order valence-corrected chi connectivity index (χ4v) is 6.14. The molecule has 2 saturated heterocycles. The van der Waals surface area contributed by atoms with Crippen LogP contribution in [-0.2, 0) is 4.79 Å². The first-order valence-corrected chi connectivity index (χ1v) is 14.4. The molecular weight excluding hydrogens is 554 g/mol. The predicted octanol–water partition coefficient (Wildman–Crippen LogP) is 6.38. The van der Waals surface area contributed by atoms with E-state index in [1.54, 1.807) is 19.2 Å². The fourth-order valence-electron chi connectivity index (χ4n) is 5.46. The molecule has 3 heterocycles. The normalized spacial score (nSPS) is 18.2. The van der Waals surface area contributed by atoms with Crippen LogP contribution in [0.2, 0.25) is 10.0 Å². The number of benzene rings is 2. The highest BCUT2D eigenvalue weighted by atomic mass is 35.5. The summed E-state index contributed by atoms with van der Waals surface area (Å²) in [4.78, 5) is 21.6. The van der Waals surface area contributed by atoms with Gasteiger partial charge in [-0.05, 0) is 81.6 Å². The molecule has 2 aliphatic rings. The van der Waals surface area contributed by atoms with Crippen molar-refractivity contribution in [3.05, 3.63) is 70.1 Å². The first-order chi connectivity index (χ1) is 19.3. The van der Waals surface area contributed by atoms with Crippen molar-refractivity contribution in [2.75, 3.05) is 38.5 Å². The summed E-state index contributed by atoms with van der Waals surface area (Å²) in [5, 5.41) is 0.200. The van der Waals surface area contributed by atoms with E-state index in [0.717, 1.165) is 50.1 Å². The molecule has 0 bridgehead atoms. The number of hydrogen-bond donors (Lipinski definition) is 1. The molecule has 2 unspecified atom stereocenters. The van der Waals surface area contributed by atoms with Crippen LogP contribution in [0.1, 0.15) is 44.3 Å². The van der Waals surface area contributed by atoms with Crippen LogP contribution in [0.5, 0.6) is 11.5 Å². The van der Waals surface area contributed by atoms with Gasteiger partial charge in [-0.3, -0.25) is 4.79 Å². The van der Waals surface area contributed by atoms with Gasteiger partial charge in [0.1, 0.15) is 17.7 Å². The van der Waals surface area contributed by atoms with Crippen LogP contribution in [-0.4, -0.2) is 59.5 Å². The maximum Gasteiger partial charge on any atom is 0.260 e. The smallest absolute Gasteiger partial charge is 0.260 e. The minimum absolute atomic E-state index is 0.0142. The molecule has 5 rings (SSSR count). The molecule has 1 aromatic heterocycles. The number of nitrogens with zero attached hydrogens (tertiary/aromatic N) is 3. The van der Waals surface area contributed by atoms with E-state index < -0.39 is 11.9 Å². The molecule has 3 aromatic rings. The van der Waals surface area contributed by atoms with Crippen LogP contribution in [0.4, 0.5) is 10.2 Å². The summed E-state index contributed by atoms with van der Waals surface area (Å²) in [6, 6.07) is 12.1. The molecule has 0 aliphatic carbocycles. The van der Waals surface area contributed by atoms with Gasteiger partial charge in [-0.1, -0.05) is 35.3 Å². The zero-order chi connectivity index (χ0) is 28.2. The molecule has 1 amide bonds. The number of rotatable bonds is 9. The van der Waals surface area contributed by atoms with Crippen LogP contribution in [0.25, 0.3) is 11.1 Å². The van der Waals surface area contributed by atoms with E-state index in [1.807, 2.05) is 29.2 Å². The van der Waals surface area contributed by atoms with E-state index in [-0.39, 0.29) is 29.4 Å². The molecule has 2 N–H and O–H groups in total. The van der Waals surface area contributed by atoms with Gasteiger partial charge in [-0.2, -0.15) is 0 Å². The van der Waals surface area contributed by atoms with Gasteiger partial charge in [0.2, 0.25) is 0 Å². The van der Waals surface area contributed by atoms with Gasteiger partial charge in [0, 0.05) is 41.5 Å². The summed E-state index contributed by atoms with van der Waals surface area (Å²) in [5.41, 5.74) is 8.02. The molecular formula is C30H33Cl2FN4O3. The number of aromatic nitrogens is 1. The van der Waals surface area contributed by atoms with Crippen LogP contribution in [0.15, 0.2) is 48.7 Å². The molecule has 7 nitrogen and oxygen atoms in total. The molecule has 0 radical (unpaired) electrons. The molecule has 0 saturated carbocycles. The summed E-state index contributed by atoms with van der Waals surface area (Å²) in [5.74, 6) is 0.561. The maximum atomic E-state index is 14.0. The third-order valence-electron chi connectivity index (χ3n) is 7.59. The van der Waals surface area contributed by atoms with Crippen molar-refractivity contribution < 1.29 is 18.7 Å². The molecule has 2 aliphatic heterocycles. The monoisotopic (exact) mass is 586 g/mol. The number of amides is 1. The molecule has 212 valence electrons. The lowest BCUT2D eigenvalue weighted by molar-refractivity contribution is -0.134. The van der Waals surface area contributed by atoms with Gasteiger partial charge < -0.3 is 25.0 Å². The lowest BCUT2D eigenvalue weighted by Gasteiger charge is -2.28. The van der Waals surface area contributed by atoms with Crippen molar-refractivity contribution in [1.82, 2.24) is 14.8 Å². The highest BCUT2D eigenvalue weighted by Gasteiger charge is 2.31. The standard InChI is InChI=1S/C30H33Cl2FN4O3/c1-19(28-24(31)10-11-25(33)29(28)32)40-26-15-21(16-35-30(26)34)20-6-8-23(9-7-20)39-18-27(38)37-14-4-5-22(37)17-36-12-2-3-13-36/h6-11,15-16,19,22H,2-5,12-14,17-18H2,1H3,(H2,34,35). The maximum absolute atomic E-state index is 14.0. The Labute approximate surface area is 244 Å². The lowest BCUT2D eigenvalue weighted by atomic mass is 10.1. The second-order valence-corrected chi connectivity index (χ2v) is 11.1. The average molecular weight is 588 g/mol. The topological polar surface area (TPSA) is 80.9 Å². The largest absolute Gasteiger partial charge is 0.484 e. The van der Waals surface area contributed by atoms with Crippen molar-refractivity contribution in [2.45, 2.75) is 44.8 Å². The Bertz CT molecular complexity index is 1350. The molecule has 0 spiro atoms. The minimum atomic E-state index is -0.672. The van der Waals surface area contributed by atoms with E-state index in [4.69, 9.17) is 38.4 Å². The zero-order valence-electron chi connectivity index (χ0n) is 22.4. The van der Waals surface area contributed by atoms with Crippen molar-refractivity contribution >= 4 is 34.9 Å². The molecule has 10 heteroatoms. The summed E-state index contributed by atoms with van der Waals surface area (Å²) >= 11 is 12.4. The Kier molecular flexibility index (Phi) is 8.98. The highest BCUT2D eigenvalue weighted by Crippen LogP contribution is 2.37. The first kappa shape index (κ1) is 28.5. The third-order valence-corrected chi connectivity index (χ3v) is 8.30. The van der Waals surface area contributed by atoms with E-state index in [9.17, 15) is 9.18 Å². The summed E-state index contributed by atoms with van der Waals surface area (Å²) in [6.45, 7) is 5.75. The Morgan fingerprint density at radius 3 is 2.60 bits per heavy atom. The zero-order valence-corrected chi connectivity index (χ0v) is 23.9. The van der Waals surface area contributed by atoms with Crippen molar-refractivity contribution in [3.8, 4) is 22.6 Å². The number of nitrogen functional groups attached to an aromatic ring is 1. The molecule has 2 atom stereocenters. The first-order valence-electron chi connectivity index (χ1n) is 13.6. The SMILES string of the molecule is CC(Oc1cc(-c2ccc(OCC(=O)N3CCCC3CN3CCCC3)cc2)cnc1N)c1c(Cl)ccc(F)c1Cl. The van der Waals surface area contributed by atoms with E-state index >= 15 is 0 Å². The van der Waals surface area contributed by atoms with Gasteiger partial charge in [0.25, 0.3) is 5.91 Å². The number of likely N-dealkylation sites (tertiary alicyclic amines) is 2. The Morgan fingerprint density at radius 2 is 1.85 bits per heavy atom. The minimum Gasteiger partial charge on any atom is -0.484 e. The van der Waals surface area contributed by atoms with Crippen LogP contribution in [0, 0.1) is 5.82 Å². The van der Waals surface area contributed by atoms with Crippen molar-refractivity contribution in [2.24, 2.45) is 0 Å². The number of halogens is 3.